The maximum atomic E-state index is 5.81. The van der Waals surface area contributed by atoms with Crippen LogP contribution in [0.1, 0.15) is 31.0 Å². The predicted octanol–water partition coefficient (Wildman–Crippen LogP) is 1.81. The molecule has 0 saturated heterocycles. The topological polar surface area (TPSA) is 61.0 Å². The molecule has 4 nitrogen and oxygen atoms in total. The third-order valence-electron chi connectivity index (χ3n) is 2.38. The largest absolute Gasteiger partial charge is 0.463 e. The van der Waals surface area contributed by atoms with Crippen molar-refractivity contribution in [2.24, 2.45) is 0 Å². The molecular formula is C11H15N3O. The van der Waals surface area contributed by atoms with Crippen LogP contribution < -0.4 is 10.5 Å². The van der Waals surface area contributed by atoms with Gasteiger partial charge in [0.15, 0.2) is 0 Å². The molecule has 2 N–H and O–H groups in total. The Hall–Kier alpha value is -1.58. The maximum Gasteiger partial charge on any atom is 0.318 e. The lowest BCUT2D eigenvalue weighted by molar-refractivity contribution is 0.285. The molecule has 1 heterocycles. The molecule has 0 fully saturated rings. The number of nitrogens with zero attached hydrogens (tertiary/aromatic N) is 2. The Labute approximate surface area is 89.2 Å². The van der Waals surface area contributed by atoms with Crippen LogP contribution in [0.2, 0.25) is 0 Å². The van der Waals surface area contributed by atoms with E-state index in [2.05, 4.69) is 16.9 Å². The van der Waals surface area contributed by atoms with Gasteiger partial charge >= 0.3 is 6.01 Å². The minimum Gasteiger partial charge on any atom is -0.463 e. The number of fused-ring (bicyclic) bond motifs is 1. The fourth-order valence-electron chi connectivity index (χ4n) is 1.51. The van der Waals surface area contributed by atoms with Crippen molar-refractivity contribution >= 4 is 11.9 Å². The van der Waals surface area contributed by atoms with Crippen molar-refractivity contribution in [3.8, 4) is 6.01 Å². The number of nitrogen functional groups attached to an aromatic ring is 1. The van der Waals surface area contributed by atoms with E-state index in [1.54, 1.807) is 0 Å². The van der Waals surface area contributed by atoms with Crippen LogP contribution in [0.15, 0.2) is 6.08 Å². The van der Waals surface area contributed by atoms with E-state index in [-0.39, 0.29) is 0 Å². The third kappa shape index (κ3) is 2.09. The SMILES string of the molecule is CCCCOc1nc(N)c2c(n1)C=CC2. The quantitative estimate of drug-likeness (QED) is 0.761. The minimum absolute atomic E-state index is 0.395. The summed E-state index contributed by atoms with van der Waals surface area (Å²) < 4.78 is 5.42. The van der Waals surface area contributed by atoms with E-state index in [9.17, 15) is 0 Å². The summed E-state index contributed by atoms with van der Waals surface area (Å²) >= 11 is 0. The van der Waals surface area contributed by atoms with Gasteiger partial charge in [0.1, 0.15) is 5.82 Å². The Morgan fingerprint density at radius 3 is 3.13 bits per heavy atom. The van der Waals surface area contributed by atoms with Crippen LogP contribution in [0.25, 0.3) is 6.08 Å². The van der Waals surface area contributed by atoms with Gasteiger partial charge in [0.25, 0.3) is 0 Å². The number of anilines is 1. The molecule has 0 bridgehead atoms. The van der Waals surface area contributed by atoms with E-state index < -0.39 is 0 Å². The molecule has 0 atom stereocenters. The molecule has 80 valence electrons. The molecule has 1 aromatic heterocycles. The molecule has 4 heteroatoms. The van der Waals surface area contributed by atoms with Crippen LogP contribution in [-0.2, 0) is 6.42 Å². The second kappa shape index (κ2) is 4.29. The third-order valence-corrected chi connectivity index (χ3v) is 2.38. The van der Waals surface area contributed by atoms with Crippen LogP contribution in [-0.4, -0.2) is 16.6 Å². The monoisotopic (exact) mass is 205 g/mol. The van der Waals surface area contributed by atoms with Crippen LogP contribution in [0.4, 0.5) is 5.82 Å². The molecule has 0 aromatic carbocycles. The fraction of sp³-hybridized carbons (Fsp3) is 0.455. The minimum atomic E-state index is 0.395. The second-order valence-electron chi connectivity index (χ2n) is 3.56. The first-order valence-electron chi connectivity index (χ1n) is 5.27. The van der Waals surface area contributed by atoms with Crippen LogP contribution >= 0.6 is 0 Å². The Balaban J connectivity index is 2.12. The summed E-state index contributed by atoms with van der Waals surface area (Å²) in [6.07, 6.45) is 6.93. The average Bonchev–Trinajstić information content (AvgIpc) is 2.66. The molecule has 1 aromatic rings. The van der Waals surface area contributed by atoms with E-state index in [1.165, 1.54) is 0 Å². The van der Waals surface area contributed by atoms with Crippen molar-refractivity contribution in [1.29, 1.82) is 0 Å². The summed E-state index contributed by atoms with van der Waals surface area (Å²) in [4.78, 5) is 8.41. The maximum absolute atomic E-state index is 5.81. The van der Waals surface area contributed by atoms with Gasteiger partial charge in [-0.2, -0.15) is 9.97 Å². The highest BCUT2D eigenvalue weighted by Crippen LogP contribution is 2.24. The number of allylic oxidation sites excluding steroid dienone is 1. The van der Waals surface area contributed by atoms with Crippen molar-refractivity contribution in [3.63, 3.8) is 0 Å². The van der Waals surface area contributed by atoms with Gasteiger partial charge in [-0.25, -0.2) is 0 Å². The van der Waals surface area contributed by atoms with Gasteiger partial charge in [-0.3, -0.25) is 0 Å². The van der Waals surface area contributed by atoms with Gasteiger partial charge in [0.05, 0.1) is 12.3 Å². The molecular weight excluding hydrogens is 190 g/mol. The molecule has 0 radical (unpaired) electrons. The number of hydrogen-bond acceptors (Lipinski definition) is 4. The smallest absolute Gasteiger partial charge is 0.318 e. The Kier molecular flexibility index (Phi) is 2.85. The summed E-state index contributed by atoms with van der Waals surface area (Å²) in [5.41, 5.74) is 7.71. The lowest BCUT2D eigenvalue weighted by atomic mass is 10.2. The predicted molar refractivity (Wildman–Crippen MR) is 59.6 cm³/mol. The standard InChI is InChI=1S/C11H15N3O/c1-2-3-7-15-11-13-9-6-4-5-8(9)10(12)14-11/h4,6H,2-3,5,7H2,1H3,(H2,12,13,14). The number of unbranched alkanes of at least 4 members (excludes halogenated alkanes) is 1. The normalized spacial score (nSPS) is 12.9. The number of aromatic nitrogens is 2. The van der Waals surface area contributed by atoms with E-state index in [4.69, 9.17) is 10.5 Å². The zero-order valence-corrected chi connectivity index (χ0v) is 8.86. The molecule has 0 aliphatic heterocycles. The Morgan fingerprint density at radius 2 is 2.33 bits per heavy atom. The summed E-state index contributed by atoms with van der Waals surface area (Å²) in [7, 11) is 0. The molecule has 0 spiro atoms. The summed E-state index contributed by atoms with van der Waals surface area (Å²) in [5.74, 6) is 0.538. The Morgan fingerprint density at radius 1 is 1.47 bits per heavy atom. The molecule has 0 unspecified atom stereocenters. The van der Waals surface area contributed by atoms with Crippen LogP contribution in [0.3, 0.4) is 0 Å². The highest BCUT2D eigenvalue weighted by atomic mass is 16.5. The molecule has 0 amide bonds. The summed E-state index contributed by atoms with van der Waals surface area (Å²) in [5, 5.41) is 0. The second-order valence-corrected chi connectivity index (χ2v) is 3.56. The van der Waals surface area contributed by atoms with Crippen molar-refractivity contribution in [2.75, 3.05) is 12.3 Å². The first-order valence-corrected chi connectivity index (χ1v) is 5.27. The molecule has 15 heavy (non-hydrogen) atoms. The van der Waals surface area contributed by atoms with Gasteiger partial charge in [0, 0.05) is 5.56 Å². The number of ether oxygens (including phenoxy) is 1. The zero-order valence-electron chi connectivity index (χ0n) is 8.86. The summed E-state index contributed by atoms with van der Waals surface area (Å²) in [6.45, 7) is 2.77. The molecule has 0 saturated carbocycles. The lowest BCUT2D eigenvalue weighted by Gasteiger charge is -2.07. The van der Waals surface area contributed by atoms with E-state index in [0.717, 1.165) is 30.5 Å². The van der Waals surface area contributed by atoms with Crippen LogP contribution in [0, 0.1) is 0 Å². The van der Waals surface area contributed by atoms with E-state index >= 15 is 0 Å². The summed E-state index contributed by atoms with van der Waals surface area (Å²) in [6, 6.07) is 0.395. The molecule has 1 aliphatic carbocycles. The highest BCUT2D eigenvalue weighted by molar-refractivity contribution is 5.62. The van der Waals surface area contributed by atoms with E-state index in [1.807, 2.05) is 12.2 Å². The average molecular weight is 205 g/mol. The highest BCUT2D eigenvalue weighted by Gasteiger charge is 2.13. The number of hydrogen-bond donors (Lipinski definition) is 1. The van der Waals surface area contributed by atoms with Gasteiger partial charge in [-0.15, -0.1) is 0 Å². The first kappa shape index (κ1) is 9.96. The molecule has 1 aliphatic rings. The fourth-order valence-corrected chi connectivity index (χ4v) is 1.51. The van der Waals surface area contributed by atoms with Crippen molar-refractivity contribution in [1.82, 2.24) is 9.97 Å². The van der Waals surface area contributed by atoms with Crippen LogP contribution in [0.5, 0.6) is 6.01 Å². The number of rotatable bonds is 4. The van der Waals surface area contributed by atoms with Gasteiger partial charge in [-0.05, 0) is 18.9 Å². The van der Waals surface area contributed by atoms with Gasteiger partial charge in [-0.1, -0.05) is 19.4 Å². The first-order chi connectivity index (χ1) is 7.31. The van der Waals surface area contributed by atoms with Crippen molar-refractivity contribution in [3.05, 3.63) is 17.3 Å². The molecule has 2 rings (SSSR count). The number of nitrogens with two attached hydrogens (primary N) is 1. The van der Waals surface area contributed by atoms with Gasteiger partial charge in [0.2, 0.25) is 0 Å². The zero-order chi connectivity index (χ0) is 10.7. The van der Waals surface area contributed by atoms with Gasteiger partial charge < -0.3 is 10.5 Å². The van der Waals surface area contributed by atoms with Crippen molar-refractivity contribution in [2.45, 2.75) is 26.2 Å². The van der Waals surface area contributed by atoms with E-state index in [0.29, 0.717) is 18.4 Å². The van der Waals surface area contributed by atoms with Crippen molar-refractivity contribution < 1.29 is 4.74 Å². The lowest BCUT2D eigenvalue weighted by Crippen LogP contribution is -2.06. The Bertz CT molecular complexity index is 388.